The lowest BCUT2D eigenvalue weighted by atomic mass is 10.1. The minimum atomic E-state index is -1.06. The van der Waals surface area contributed by atoms with E-state index in [-0.39, 0.29) is 31.0 Å². The highest BCUT2D eigenvalue weighted by atomic mass is 19.1. The van der Waals surface area contributed by atoms with E-state index in [1.165, 1.54) is 22.8 Å². The molecule has 4 rings (SSSR count). The summed E-state index contributed by atoms with van der Waals surface area (Å²) < 4.78 is 38.5. The molecule has 196 valence electrons. The van der Waals surface area contributed by atoms with Gasteiger partial charge in [-0.05, 0) is 19.4 Å². The zero-order chi connectivity index (χ0) is 26.7. The lowest BCUT2D eigenvalue weighted by Crippen LogP contribution is -2.54. The van der Waals surface area contributed by atoms with Gasteiger partial charge in [-0.2, -0.15) is 0 Å². The van der Waals surface area contributed by atoms with Crippen LogP contribution < -0.4 is 15.8 Å². The average Bonchev–Trinajstić information content (AvgIpc) is 3.27. The normalized spacial score (nSPS) is 13.1. The fraction of sp³-hybridized carbons (Fsp3) is 0.333. The van der Waals surface area contributed by atoms with Crippen LogP contribution in [0.4, 0.5) is 8.78 Å². The Kier molecular flexibility index (Phi) is 7.53. The van der Waals surface area contributed by atoms with Crippen molar-refractivity contribution < 1.29 is 32.7 Å². The number of methoxy groups -OCH3 is 1. The number of aromatic hydroxyl groups is 1. The second-order valence-corrected chi connectivity index (χ2v) is 8.48. The SMILES string of the molecule is COCCCN1CN(Cc2cc(C)on2)n2cc(C(=O)NCc3ccc(F)cc3F)c(=O)c(O)c2C1=O. The van der Waals surface area contributed by atoms with Crippen molar-refractivity contribution >= 4 is 11.8 Å². The van der Waals surface area contributed by atoms with Gasteiger partial charge in [0.2, 0.25) is 5.43 Å². The van der Waals surface area contributed by atoms with E-state index in [0.29, 0.717) is 37.1 Å². The Morgan fingerprint density at radius 1 is 1.27 bits per heavy atom. The van der Waals surface area contributed by atoms with Gasteiger partial charge in [-0.1, -0.05) is 11.2 Å². The van der Waals surface area contributed by atoms with E-state index < -0.39 is 40.2 Å². The number of fused-ring (bicyclic) bond motifs is 1. The van der Waals surface area contributed by atoms with E-state index in [1.807, 2.05) is 0 Å². The van der Waals surface area contributed by atoms with Crippen LogP contribution in [0.15, 0.2) is 39.8 Å². The van der Waals surface area contributed by atoms with Crippen molar-refractivity contribution in [2.75, 3.05) is 31.9 Å². The highest BCUT2D eigenvalue weighted by Gasteiger charge is 2.34. The molecule has 2 N–H and O–H groups in total. The summed E-state index contributed by atoms with van der Waals surface area (Å²) in [6.07, 6.45) is 1.66. The minimum Gasteiger partial charge on any atom is -0.502 e. The number of aromatic nitrogens is 2. The maximum absolute atomic E-state index is 14.0. The van der Waals surface area contributed by atoms with Crippen LogP contribution in [0, 0.1) is 18.6 Å². The predicted molar refractivity (Wildman–Crippen MR) is 125 cm³/mol. The van der Waals surface area contributed by atoms with Gasteiger partial charge in [-0.3, -0.25) is 24.1 Å². The van der Waals surface area contributed by atoms with E-state index in [9.17, 15) is 28.3 Å². The Balaban J connectivity index is 1.67. The van der Waals surface area contributed by atoms with Gasteiger partial charge in [0, 0.05) is 50.7 Å². The largest absolute Gasteiger partial charge is 0.502 e. The number of benzene rings is 1. The highest BCUT2D eigenvalue weighted by Crippen LogP contribution is 2.23. The molecule has 0 atom stereocenters. The molecule has 0 saturated carbocycles. The molecule has 0 unspecified atom stereocenters. The van der Waals surface area contributed by atoms with Crippen LogP contribution >= 0.6 is 0 Å². The second kappa shape index (κ2) is 10.8. The Bertz CT molecular complexity index is 1390. The van der Waals surface area contributed by atoms with Crippen molar-refractivity contribution in [1.29, 1.82) is 0 Å². The molecule has 37 heavy (non-hydrogen) atoms. The number of hydrogen-bond acceptors (Lipinski definition) is 8. The van der Waals surface area contributed by atoms with Gasteiger partial charge in [0.05, 0.1) is 6.54 Å². The number of carbonyl (C=O) groups is 2. The van der Waals surface area contributed by atoms with E-state index in [0.717, 1.165) is 12.3 Å². The molecule has 1 aromatic carbocycles. The van der Waals surface area contributed by atoms with Crippen LogP contribution in [-0.4, -0.2) is 58.6 Å². The molecule has 0 bridgehead atoms. The summed E-state index contributed by atoms with van der Waals surface area (Å²) in [6, 6.07) is 4.57. The standard InChI is InChI=1S/C24H25F2N5O6/c1-14-8-17(28-37-14)11-30-13-29(6-3-7-36-2)24(35)20-22(33)21(32)18(12-31(20)30)23(34)27-10-15-4-5-16(25)9-19(15)26/h4-5,8-9,12,33H,3,6-7,10-11,13H2,1-2H3,(H,27,34). The maximum atomic E-state index is 14.0. The summed E-state index contributed by atoms with van der Waals surface area (Å²) in [5, 5.41) is 18.7. The Morgan fingerprint density at radius 3 is 2.73 bits per heavy atom. The van der Waals surface area contributed by atoms with Crippen LogP contribution in [0.1, 0.15) is 44.3 Å². The first kappa shape index (κ1) is 25.8. The third-order valence-electron chi connectivity index (χ3n) is 5.79. The monoisotopic (exact) mass is 517 g/mol. The zero-order valence-electron chi connectivity index (χ0n) is 20.2. The summed E-state index contributed by atoms with van der Waals surface area (Å²) in [5.74, 6) is -3.48. The fourth-order valence-electron chi connectivity index (χ4n) is 3.97. The third-order valence-corrected chi connectivity index (χ3v) is 5.79. The molecule has 1 aliphatic rings. The molecule has 0 radical (unpaired) electrons. The molecule has 13 heteroatoms. The lowest BCUT2D eigenvalue weighted by molar-refractivity contribution is 0.0663. The summed E-state index contributed by atoms with van der Waals surface area (Å²) in [6.45, 7) is 2.27. The van der Waals surface area contributed by atoms with Gasteiger partial charge in [-0.25, -0.2) is 8.78 Å². The molecule has 2 aromatic heterocycles. The summed E-state index contributed by atoms with van der Waals surface area (Å²) >= 11 is 0. The van der Waals surface area contributed by atoms with Crippen LogP contribution in [0.25, 0.3) is 0 Å². The first-order chi connectivity index (χ1) is 17.7. The van der Waals surface area contributed by atoms with Gasteiger partial charge < -0.3 is 24.6 Å². The van der Waals surface area contributed by atoms with Crippen molar-refractivity contribution in [2.45, 2.75) is 26.4 Å². The molecule has 0 saturated heterocycles. The number of pyridine rings is 1. The highest BCUT2D eigenvalue weighted by molar-refractivity contribution is 5.99. The van der Waals surface area contributed by atoms with E-state index in [4.69, 9.17) is 9.26 Å². The number of aryl methyl sites for hydroxylation is 1. The quantitative estimate of drug-likeness (QED) is 0.410. The molecule has 0 fully saturated rings. The molecule has 0 aliphatic carbocycles. The van der Waals surface area contributed by atoms with Gasteiger partial charge in [0.25, 0.3) is 11.8 Å². The molecule has 0 spiro atoms. The fourth-order valence-corrected chi connectivity index (χ4v) is 3.97. The first-order valence-electron chi connectivity index (χ1n) is 11.4. The topological polar surface area (TPSA) is 130 Å². The Hall–Kier alpha value is -4.26. The molecular weight excluding hydrogens is 492 g/mol. The average molecular weight is 517 g/mol. The summed E-state index contributed by atoms with van der Waals surface area (Å²) in [5.41, 5.74) is -1.32. The van der Waals surface area contributed by atoms with Crippen molar-refractivity contribution in [3.8, 4) is 5.75 Å². The summed E-state index contributed by atoms with van der Waals surface area (Å²) in [7, 11) is 1.54. The number of amides is 2. The smallest absolute Gasteiger partial charge is 0.277 e. The predicted octanol–water partition coefficient (Wildman–Crippen LogP) is 1.65. The first-order valence-corrected chi connectivity index (χ1v) is 11.4. The van der Waals surface area contributed by atoms with Gasteiger partial charge in [0.1, 0.15) is 35.3 Å². The van der Waals surface area contributed by atoms with Crippen LogP contribution in [0.2, 0.25) is 0 Å². The van der Waals surface area contributed by atoms with Gasteiger partial charge in [-0.15, -0.1) is 0 Å². The van der Waals surface area contributed by atoms with E-state index in [2.05, 4.69) is 10.5 Å². The number of ether oxygens (including phenoxy) is 1. The van der Waals surface area contributed by atoms with Crippen molar-refractivity contribution in [1.82, 2.24) is 20.0 Å². The molecule has 3 aromatic rings. The second-order valence-electron chi connectivity index (χ2n) is 8.48. The molecule has 2 amide bonds. The van der Waals surface area contributed by atoms with Crippen LogP contribution in [-0.2, 0) is 17.8 Å². The van der Waals surface area contributed by atoms with Gasteiger partial charge in [0.15, 0.2) is 11.4 Å². The molecule has 11 nitrogen and oxygen atoms in total. The van der Waals surface area contributed by atoms with Crippen molar-refractivity contribution in [3.63, 3.8) is 0 Å². The molecule has 3 heterocycles. The Morgan fingerprint density at radius 2 is 2.05 bits per heavy atom. The number of hydrogen-bond donors (Lipinski definition) is 2. The Labute approximate surface area is 209 Å². The molecule has 1 aliphatic heterocycles. The number of rotatable bonds is 9. The summed E-state index contributed by atoms with van der Waals surface area (Å²) in [4.78, 5) is 40.4. The van der Waals surface area contributed by atoms with Crippen LogP contribution in [0.3, 0.4) is 0 Å². The number of carbonyl (C=O) groups excluding carboxylic acids is 2. The van der Waals surface area contributed by atoms with Crippen molar-refractivity contribution in [2.24, 2.45) is 0 Å². The number of nitrogens with zero attached hydrogens (tertiary/aromatic N) is 4. The lowest BCUT2D eigenvalue weighted by Gasteiger charge is -2.39. The van der Waals surface area contributed by atoms with Crippen LogP contribution in [0.5, 0.6) is 5.75 Å². The third kappa shape index (κ3) is 5.45. The zero-order valence-corrected chi connectivity index (χ0v) is 20.2. The maximum Gasteiger partial charge on any atom is 0.277 e. The van der Waals surface area contributed by atoms with Gasteiger partial charge >= 0.3 is 0 Å². The number of nitrogens with one attached hydrogen (secondary N) is 1. The minimum absolute atomic E-state index is 0.00180. The van der Waals surface area contributed by atoms with E-state index in [1.54, 1.807) is 18.0 Å². The van der Waals surface area contributed by atoms with E-state index >= 15 is 0 Å². The van der Waals surface area contributed by atoms with Crippen molar-refractivity contribution in [3.05, 3.63) is 80.6 Å². The number of halogens is 2. The molecular formula is C24H25F2N5O6.